The first kappa shape index (κ1) is 14.0. The number of carbonyl (C=O) groups is 1. The number of carbonyl (C=O) groups excluding carboxylic acids is 1. The molecule has 0 radical (unpaired) electrons. The molecule has 0 aliphatic carbocycles. The average Bonchev–Trinajstić information content (AvgIpc) is 2.35. The lowest BCUT2D eigenvalue weighted by Gasteiger charge is -2.18. The van der Waals surface area contributed by atoms with Gasteiger partial charge in [0.05, 0.1) is 6.54 Å². The van der Waals surface area contributed by atoms with Gasteiger partial charge in [-0.3, -0.25) is 4.79 Å². The van der Waals surface area contributed by atoms with Gasteiger partial charge in [0.2, 0.25) is 5.91 Å². The Morgan fingerprint density at radius 1 is 1.47 bits per heavy atom. The smallest absolute Gasteiger partial charge is 0.236 e. The first-order valence-electron chi connectivity index (χ1n) is 5.78. The van der Waals surface area contributed by atoms with Crippen molar-refractivity contribution in [3.63, 3.8) is 0 Å². The van der Waals surface area contributed by atoms with Crippen molar-refractivity contribution in [3.8, 4) is 0 Å². The fourth-order valence-electron chi connectivity index (χ4n) is 1.49. The molecule has 1 atom stereocenters. The minimum Gasteiger partial charge on any atom is -0.345 e. The number of rotatable bonds is 5. The van der Waals surface area contributed by atoms with Gasteiger partial charge in [0, 0.05) is 24.7 Å². The normalized spacial score (nSPS) is 12.2. The molecular formula is C13H19ClN2O. The molecular weight excluding hydrogens is 236 g/mol. The molecule has 17 heavy (non-hydrogen) atoms. The van der Waals surface area contributed by atoms with Crippen molar-refractivity contribution in [2.75, 3.05) is 20.1 Å². The third-order valence-corrected chi connectivity index (χ3v) is 3.18. The predicted octanol–water partition coefficient (Wildman–Crippen LogP) is 2.47. The van der Waals surface area contributed by atoms with E-state index >= 15 is 0 Å². The minimum absolute atomic E-state index is 0.0675. The molecule has 0 fully saturated rings. The van der Waals surface area contributed by atoms with E-state index in [1.807, 2.05) is 38.1 Å². The average molecular weight is 255 g/mol. The molecule has 0 bridgehead atoms. The largest absolute Gasteiger partial charge is 0.345 e. The second-order valence-corrected chi connectivity index (χ2v) is 4.44. The lowest BCUT2D eigenvalue weighted by Crippen LogP contribution is -2.36. The summed E-state index contributed by atoms with van der Waals surface area (Å²) < 4.78 is 0. The van der Waals surface area contributed by atoms with Gasteiger partial charge < -0.3 is 10.2 Å². The van der Waals surface area contributed by atoms with Gasteiger partial charge in [0.15, 0.2) is 0 Å². The molecule has 0 saturated heterocycles. The van der Waals surface area contributed by atoms with Crippen LogP contribution in [0.5, 0.6) is 0 Å². The first-order chi connectivity index (χ1) is 8.06. The molecule has 0 aromatic heterocycles. The summed E-state index contributed by atoms with van der Waals surface area (Å²) in [6.07, 6.45) is 0. The molecule has 1 aromatic carbocycles. The lowest BCUT2D eigenvalue weighted by molar-refractivity contribution is -0.128. The van der Waals surface area contributed by atoms with E-state index in [4.69, 9.17) is 11.6 Å². The molecule has 1 amide bonds. The van der Waals surface area contributed by atoms with E-state index in [1.165, 1.54) is 0 Å². The Bertz CT molecular complexity index is 381. The number of amides is 1. The Labute approximate surface area is 108 Å². The van der Waals surface area contributed by atoms with Crippen LogP contribution in [0.15, 0.2) is 24.3 Å². The highest BCUT2D eigenvalue weighted by Gasteiger charge is 2.11. The highest BCUT2D eigenvalue weighted by Crippen LogP contribution is 2.21. The molecule has 1 aromatic rings. The van der Waals surface area contributed by atoms with Gasteiger partial charge in [-0.2, -0.15) is 0 Å². The summed E-state index contributed by atoms with van der Waals surface area (Å²) in [5.74, 6) is 0.0893. The van der Waals surface area contributed by atoms with Crippen LogP contribution in [0.4, 0.5) is 0 Å². The number of halogens is 1. The molecule has 0 aliphatic heterocycles. The molecule has 4 heteroatoms. The van der Waals surface area contributed by atoms with Gasteiger partial charge in [0.1, 0.15) is 0 Å². The fourth-order valence-corrected chi connectivity index (χ4v) is 1.79. The van der Waals surface area contributed by atoms with Crippen molar-refractivity contribution < 1.29 is 4.79 Å². The van der Waals surface area contributed by atoms with Crippen LogP contribution in [0.3, 0.4) is 0 Å². The monoisotopic (exact) mass is 254 g/mol. The van der Waals surface area contributed by atoms with Gasteiger partial charge in [0.25, 0.3) is 0 Å². The molecule has 0 saturated carbocycles. The van der Waals surface area contributed by atoms with Gasteiger partial charge >= 0.3 is 0 Å². The van der Waals surface area contributed by atoms with Crippen LogP contribution in [0.2, 0.25) is 5.02 Å². The van der Waals surface area contributed by atoms with Crippen molar-refractivity contribution in [2.24, 2.45) is 0 Å². The van der Waals surface area contributed by atoms with Crippen LogP contribution in [0, 0.1) is 0 Å². The van der Waals surface area contributed by atoms with Gasteiger partial charge in [-0.15, -0.1) is 0 Å². The van der Waals surface area contributed by atoms with E-state index in [9.17, 15) is 4.79 Å². The number of hydrogen-bond donors (Lipinski definition) is 1. The van der Waals surface area contributed by atoms with E-state index in [2.05, 4.69) is 5.32 Å². The van der Waals surface area contributed by atoms with E-state index in [1.54, 1.807) is 11.9 Å². The van der Waals surface area contributed by atoms with Crippen LogP contribution in [-0.4, -0.2) is 30.9 Å². The van der Waals surface area contributed by atoms with Crippen molar-refractivity contribution >= 4 is 17.5 Å². The highest BCUT2D eigenvalue weighted by atomic mass is 35.5. The van der Waals surface area contributed by atoms with Gasteiger partial charge in [-0.05, 0) is 25.5 Å². The zero-order chi connectivity index (χ0) is 12.8. The van der Waals surface area contributed by atoms with Crippen LogP contribution >= 0.6 is 11.6 Å². The first-order valence-corrected chi connectivity index (χ1v) is 6.15. The Morgan fingerprint density at radius 3 is 2.71 bits per heavy atom. The van der Waals surface area contributed by atoms with Crippen molar-refractivity contribution in [2.45, 2.75) is 19.9 Å². The minimum atomic E-state index is 0.0675. The Morgan fingerprint density at radius 2 is 2.12 bits per heavy atom. The number of nitrogens with zero attached hydrogens (tertiary/aromatic N) is 1. The third kappa shape index (κ3) is 4.02. The predicted molar refractivity (Wildman–Crippen MR) is 71.2 cm³/mol. The summed E-state index contributed by atoms with van der Waals surface area (Å²) >= 11 is 6.09. The molecule has 0 unspecified atom stereocenters. The molecule has 1 rings (SSSR count). The van der Waals surface area contributed by atoms with E-state index in [0.717, 1.165) is 17.1 Å². The maximum atomic E-state index is 11.6. The molecule has 3 nitrogen and oxygen atoms in total. The second-order valence-electron chi connectivity index (χ2n) is 4.03. The standard InChI is InChI=1S/C13H19ClN2O/c1-4-16(3)13(17)9-15-10(2)11-7-5-6-8-12(11)14/h5-8,10,15H,4,9H2,1-3H3/t10-/m0/s1. The number of likely N-dealkylation sites (N-methyl/N-ethyl adjacent to an activating group) is 1. The van der Waals surface area contributed by atoms with Crippen LogP contribution in [0.25, 0.3) is 0 Å². The van der Waals surface area contributed by atoms with Gasteiger partial charge in [-0.25, -0.2) is 0 Å². The number of benzene rings is 1. The summed E-state index contributed by atoms with van der Waals surface area (Å²) in [6.45, 7) is 5.01. The number of nitrogens with one attached hydrogen (secondary N) is 1. The second kappa shape index (κ2) is 6.62. The van der Waals surface area contributed by atoms with Gasteiger partial charge in [-0.1, -0.05) is 29.8 Å². The molecule has 1 N–H and O–H groups in total. The Balaban J connectivity index is 2.53. The van der Waals surface area contributed by atoms with E-state index in [-0.39, 0.29) is 11.9 Å². The molecule has 94 valence electrons. The summed E-state index contributed by atoms with van der Waals surface area (Å²) in [4.78, 5) is 13.3. The Hall–Kier alpha value is -1.06. The number of hydrogen-bond acceptors (Lipinski definition) is 2. The van der Waals surface area contributed by atoms with Crippen LogP contribution < -0.4 is 5.32 Å². The van der Waals surface area contributed by atoms with Crippen molar-refractivity contribution in [3.05, 3.63) is 34.9 Å². The third-order valence-electron chi connectivity index (χ3n) is 2.83. The van der Waals surface area contributed by atoms with Crippen LogP contribution in [0.1, 0.15) is 25.5 Å². The molecule has 0 heterocycles. The zero-order valence-electron chi connectivity index (χ0n) is 10.5. The maximum absolute atomic E-state index is 11.6. The molecule has 0 aliphatic rings. The SMILES string of the molecule is CCN(C)C(=O)CN[C@@H](C)c1ccccc1Cl. The fraction of sp³-hybridized carbons (Fsp3) is 0.462. The quantitative estimate of drug-likeness (QED) is 0.876. The zero-order valence-corrected chi connectivity index (χ0v) is 11.3. The molecule has 0 spiro atoms. The summed E-state index contributed by atoms with van der Waals surface area (Å²) in [7, 11) is 1.80. The van der Waals surface area contributed by atoms with E-state index in [0.29, 0.717) is 6.54 Å². The van der Waals surface area contributed by atoms with Crippen molar-refractivity contribution in [1.82, 2.24) is 10.2 Å². The highest BCUT2D eigenvalue weighted by molar-refractivity contribution is 6.31. The maximum Gasteiger partial charge on any atom is 0.236 e. The Kier molecular flexibility index (Phi) is 5.45. The van der Waals surface area contributed by atoms with Crippen LogP contribution in [-0.2, 0) is 4.79 Å². The summed E-state index contributed by atoms with van der Waals surface area (Å²) in [6, 6.07) is 7.73. The topological polar surface area (TPSA) is 32.3 Å². The van der Waals surface area contributed by atoms with E-state index < -0.39 is 0 Å². The summed E-state index contributed by atoms with van der Waals surface area (Å²) in [5, 5.41) is 3.90. The van der Waals surface area contributed by atoms with Crippen molar-refractivity contribution in [1.29, 1.82) is 0 Å². The summed E-state index contributed by atoms with van der Waals surface area (Å²) in [5.41, 5.74) is 1.01. The lowest BCUT2D eigenvalue weighted by atomic mass is 10.1.